The summed E-state index contributed by atoms with van der Waals surface area (Å²) < 4.78 is 5.37. The van der Waals surface area contributed by atoms with Crippen molar-refractivity contribution in [3.8, 4) is 0 Å². The molecule has 1 aromatic carbocycles. The molecule has 2 atom stereocenters. The van der Waals surface area contributed by atoms with Crippen molar-refractivity contribution in [1.82, 2.24) is 4.98 Å². The second kappa shape index (κ2) is 6.02. The van der Waals surface area contributed by atoms with E-state index in [4.69, 9.17) is 22.1 Å². The molecule has 19 heavy (non-hydrogen) atoms. The average Bonchev–Trinajstić information content (AvgIpc) is 2.43. The van der Waals surface area contributed by atoms with E-state index in [1.165, 1.54) is 13.3 Å². The third-order valence-corrected chi connectivity index (χ3v) is 3.11. The van der Waals surface area contributed by atoms with E-state index in [2.05, 4.69) is 4.98 Å². The smallest absolute Gasteiger partial charge is 0.129 e. The van der Waals surface area contributed by atoms with Crippen LogP contribution in [0.2, 0.25) is 5.02 Å². The maximum Gasteiger partial charge on any atom is 0.129 e. The van der Waals surface area contributed by atoms with E-state index in [1.54, 1.807) is 6.07 Å². The number of aromatic nitrogens is 1. The fourth-order valence-electron chi connectivity index (χ4n) is 1.96. The van der Waals surface area contributed by atoms with Gasteiger partial charge < -0.3 is 15.6 Å². The van der Waals surface area contributed by atoms with Gasteiger partial charge in [0.2, 0.25) is 0 Å². The lowest BCUT2D eigenvalue weighted by atomic mass is 9.98. The summed E-state index contributed by atoms with van der Waals surface area (Å²) in [6.07, 6.45) is -0.0142. The number of pyridine rings is 1. The second-order valence-corrected chi connectivity index (χ2v) is 4.58. The summed E-state index contributed by atoms with van der Waals surface area (Å²) in [5, 5.41) is 10.9. The molecule has 1 heterocycles. The van der Waals surface area contributed by atoms with Crippen LogP contribution in [-0.4, -0.2) is 17.2 Å². The fourth-order valence-corrected chi connectivity index (χ4v) is 2.12. The van der Waals surface area contributed by atoms with Crippen molar-refractivity contribution in [2.45, 2.75) is 12.2 Å². The van der Waals surface area contributed by atoms with Crippen molar-refractivity contribution in [3.05, 3.63) is 58.7 Å². The first-order valence-corrected chi connectivity index (χ1v) is 6.18. The molecular formula is C14H15ClN2O2. The van der Waals surface area contributed by atoms with Crippen LogP contribution in [0.15, 0.2) is 42.6 Å². The van der Waals surface area contributed by atoms with Crippen LogP contribution in [0.1, 0.15) is 23.3 Å². The number of benzene rings is 1. The molecule has 3 N–H and O–H groups in total. The van der Waals surface area contributed by atoms with Crippen molar-refractivity contribution in [1.29, 1.82) is 0 Å². The largest absolute Gasteiger partial charge is 0.385 e. The Morgan fingerprint density at radius 3 is 2.63 bits per heavy atom. The van der Waals surface area contributed by atoms with Gasteiger partial charge in [0.1, 0.15) is 18.0 Å². The van der Waals surface area contributed by atoms with Crippen molar-refractivity contribution in [3.63, 3.8) is 0 Å². The van der Waals surface area contributed by atoms with Gasteiger partial charge in [0.15, 0.2) is 0 Å². The molecule has 0 saturated carbocycles. The molecule has 0 saturated heterocycles. The van der Waals surface area contributed by atoms with Crippen molar-refractivity contribution < 1.29 is 9.84 Å². The third-order valence-electron chi connectivity index (χ3n) is 2.90. The van der Waals surface area contributed by atoms with Crippen LogP contribution < -0.4 is 5.73 Å². The summed E-state index contributed by atoms with van der Waals surface area (Å²) in [5.74, 6) is 0.245. The van der Waals surface area contributed by atoms with Gasteiger partial charge in [0.05, 0.1) is 5.02 Å². The normalized spacial score (nSPS) is 14.1. The highest BCUT2D eigenvalue weighted by Crippen LogP contribution is 2.34. The summed E-state index contributed by atoms with van der Waals surface area (Å²) in [6, 6.07) is 11.0. The standard InChI is InChI=1S/C14H15ClN2O2/c1-19-13(9-5-3-2-4-6-9)12(18)11-7-10(15)8-17-14(11)16/h2-8,12-13,18H,1H3,(H2,16,17). The number of rotatable bonds is 4. The average molecular weight is 279 g/mol. The summed E-state index contributed by atoms with van der Waals surface area (Å²) in [7, 11) is 1.54. The minimum Gasteiger partial charge on any atom is -0.385 e. The van der Waals surface area contributed by atoms with E-state index < -0.39 is 12.2 Å². The minimum absolute atomic E-state index is 0.245. The van der Waals surface area contributed by atoms with Crippen molar-refractivity contribution >= 4 is 17.4 Å². The van der Waals surface area contributed by atoms with Crippen LogP contribution in [-0.2, 0) is 4.74 Å². The van der Waals surface area contributed by atoms with E-state index in [9.17, 15) is 5.11 Å². The van der Waals surface area contributed by atoms with Gasteiger partial charge in [0, 0.05) is 18.9 Å². The Bertz CT molecular complexity index is 548. The predicted octanol–water partition coefficient (Wildman–Crippen LogP) is 2.74. The van der Waals surface area contributed by atoms with Gasteiger partial charge in [0.25, 0.3) is 0 Å². The molecule has 0 aliphatic carbocycles. The van der Waals surface area contributed by atoms with Crippen LogP contribution in [0, 0.1) is 0 Å². The number of anilines is 1. The third kappa shape index (κ3) is 3.04. The Labute approximate surface area is 116 Å². The van der Waals surface area contributed by atoms with E-state index in [0.29, 0.717) is 10.6 Å². The highest BCUT2D eigenvalue weighted by atomic mass is 35.5. The zero-order valence-corrected chi connectivity index (χ0v) is 11.2. The van der Waals surface area contributed by atoms with Gasteiger partial charge in [-0.25, -0.2) is 4.98 Å². The number of nitrogen functional groups attached to an aromatic ring is 1. The molecule has 2 unspecified atom stereocenters. The number of nitrogens with zero attached hydrogens (tertiary/aromatic N) is 1. The van der Waals surface area contributed by atoms with E-state index in [1.807, 2.05) is 30.3 Å². The van der Waals surface area contributed by atoms with Crippen LogP contribution in [0.4, 0.5) is 5.82 Å². The molecule has 0 amide bonds. The van der Waals surface area contributed by atoms with Crippen LogP contribution in [0.5, 0.6) is 0 Å². The van der Waals surface area contributed by atoms with Gasteiger partial charge in [-0.05, 0) is 11.6 Å². The predicted molar refractivity (Wildman–Crippen MR) is 74.8 cm³/mol. The molecule has 1 aromatic heterocycles. The minimum atomic E-state index is -0.932. The molecule has 5 heteroatoms. The SMILES string of the molecule is COC(c1ccccc1)C(O)c1cc(Cl)cnc1N. The summed E-state index contributed by atoms with van der Waals surface area (Å²) in [4.78, 5) is 3.94. The van der Waals surface area contributed by atoms with E-state index in [0.717, 1.165) is 5.56 Å². The lowest BCUT2D eigenvalue weighted by Gasteiger charge is -2.23. The van der Waals surface area contributed by atoms with Gasteiger partial charge in [-0.3, -0.25) is 0 Å². The Morgan fingerprint density at radius 2 is 2.00 bits per heavy atom. The van der Waals surface area contributed by atoms with Crippen molar-refractivity contribution in [2.75, 3.05) is 12.8 Å². The first-order chi connectivity index (χ1) is 9.13. The van der Waals surface area contributed by atoms with Gasteiger partial charge >= 0.3 is 0 Å². The van der Waals surface area contributed by atoms with Crippen LogP contribution in [0.3, 0.4) is 0 Å². The molecule has 0 aliphatic rings. The lowest BCUT2D eigenvalue weighted by Crippen LogP contribution is -2.15. The number of ether oxygens (including phenoxy) is 1. The zero-order chi connectivity index (χ0) is 13.8. The summed E-state index contributed by atoms with van der Waals surface area (Å²) >= 11 is 5.88. The maximum absolute atomic E-state index is 10.4. The quantitative estimate of drug-likeness (QED) is 0.902. The van der Waals surface area contributed by atoms with Gasteiger partial charge in [-0.15, -0.1) is 0 Å². The first-order valence-electron chi connectivity index (χ1n) is 5.80. The Hall–Kier alpha value is -1.62. The highest BCUT2D eigenvalue weighted by Gasteiger charge is 2.24. The zero-order valence-electron chi connectivity index (χ0n) is 10.5. The molecule has 0 radical (unpaired) electrons. The van der Waals surface area contributed by atoms with Crippen LogP contribution in [0.25, 0.3) is 0 Å². The topological polar surface area (TPSA) is 68.4 Å². The molecule has 100 valence electrons. The molecular weight excluding hydrogens is 264 g/mol. The highest BCUT2D eigenvalue weighted by molar-refractivity contribution is 6.30. The lowest BCUT2D eigenvalue weighted by molar-refractivity contribution is -0.0146. The number of nitrogens with two attached hydrogens (primary N) is 1. The van der Waals surface area contributed by atoms with Crippen molar-refractivity contribution in [2.24, 2.45) is 0 Å². The molecule has 0 bridgehead atoms. The molecule has 4 nitrogen and oxygen atoms in total. The Balaban J connectivity index is 2.36. The van der Waals surface area contributed by atoms with E-state index in [-0.39, 0.29) is 5.82 Å². The Morgan fingerprint density at radius 1 is 1.32 bits per heavy atom. The maximum atomic E-state index is 10.4. The van der Waals surface area contributed by atoms with E-state index >= 15 is 0 Å². The second-order valence-electron chi connectivity index (χ2n) is 4.14. The molecule has 0 spiro atoms. The van der Waals surface area contributed by atoms with Crippen LogP contribution >= 0.6 is 11.6 Å². The monoisotopic (exact) mass is 278 g/mol. The first kappa shape index (κ1) is 13.8. The van der Waals surface area contributed by atoms with Gasteiger partial charge in [-0.2, -0.15) is 0 Å². The summed E-state index contributed by atoms with van der Waals surface area (Å²) in [5.41, 5.74) is 7.10. The molecule has 0 aliphatic heterocycles. The number of hydrogen-bond acceptors (Lipinski definition) is 4. The van der Waals surface area contributed by atoms with Gasteiger partial charge in [-0.1, -0.05) is 41.9 Å². The number of aliphatic hydroxyl groups is 1. The summed E-state index contributed by atoms with van der Waals surface area (Å²) in [6.45, 7) is 0. The molecule has 2 aromatic rings. The number of hydrogen-bond donors (Lipinski definition) is 2. The number of methoxy groups -OCH3 is 1. The number of aliphatic hydroxyl groups excluding tert-OH is 1. The fraction of sp³-hybridized carbons (Fsp3) is 0.214. The Kier molecular flexibility index (Phi) is 4.37. The number of halogens is 1. The molecule has 0 fully saturated rings. The molecule has 2 rings (SSSR count).